The summed E-state index contributed by atoms with van der Waals surface area (Å²) in [6.45, 7) is 1.92. The van der Waals surface area contributed by atoms with E-state index in [0.29, 0.717) is 51.8 Å². The highest BCUT2D eigenvalue weighted by Gasteiger charge is 2.13. The molecule has 1 heterocycles. The fraction of sp³-hybridized carbons (Fsp3) is 0.125. The highest BCUT2D eigenvalue weighted by Crippen LogP contribution is 2.35. The standard InChI is InChI=1S/C24H24N4O4/c1-15-6-8-19(25)20(11-15)28-22(30)9-7-16-5-4-10-26-24(16)27-18-12-17(14-29)23(32-3)21(13-18)31-2/h4-14H,25H2,1-3H3,(H,26,27)(H,28,30)/b9-7+. The molecular formula is C24H24N4O4. The first-order valence-corrected chi connectivity index (χ1v) is 9.73. The number of nitrogens with zero attached hydrogens (tertiary/aromatic N) is 1. The largest absolute Gasteiger partial charge is 0.493 e. The predicted octanol–water partition coefficient (Wildman–Crippen LogP) is 4.20. The lowest BCUT2D eigenvalue weighted by Crippen LogP contribution is -2.10. The first-order chi connectivity index (χ1) is 15.4. The SMILES string of the molecule is COc1cc(Nc2ncccc2/C=C/C(=O)Nc2cc(C)ccc2N)cc(C=O)c1OC. The van der Waals surface area contributed by atoms with Crippen LogP contribution >= 0.6 is 0 Å². The van der Waals surface area contributed by atoms with Crippen LogP contribution in [0.15, 0.2) is 54.7 Å². The van der Waals surface area contributed by atoms with Crippen LogP contribution in [-0.2, 0) is 4.79 Å². The summed E-state index contributed by atoms with van der Waals surface area (Å²) in [5.74, 6) is 0.922. The molecule has 8 heteroatoms. The summed E-state index contributed by atoms with van der Waals surface area (Å²) >= 11 is 0. The van der Waals surface area contributed by atoms with Gasteiger partial charge in [-0.1, -0.05) is 6.07 Å². The number of aldehydes is 1. The van der Waals surface area contributed by atoms with Crippen molar-refractivity contribution < 1.29 is 19.1 Å². The number of carbonyl (C=O) groups excluding carboxylic acids is 2. The summed E-state index contributed by atoms with van der Waals surface area (Å²) in [7, 11) is 2.96. The van der Waals surface area contributed by atoms with Gasteiger partial charge in [0, 0.05) is 29.6 Å². The molecule has 1 amide bonds. The van der Waals surface area contributed by atoms with Crippen molar-refractivity contribution in [1.82, 2.24) is 4.98 Å². The summed E-state index contributed by atoms with van der Waals surface area (Å²) in [5, 5.41) is 5.93. The van der Waals surface area contributed by atoms with Crippen molar-refractivity contribution in [2.24, 2.45) is 0 Å². The third-order valence-electron chi connectivity index (χ3n) is 4.62. The number of nitrogen functional groups attached to an aromatic ring is 1. The Morgan fingerprint density at radius 3 is 2.62 bits per heavy atom. The quantitative estimate of drug-likeness (QED) is 0.278. The topological polar surface area (TPSA) is 116 Å². The average molecular weight is 432 g/mol. The molecule has 0 spiro atoms. The number of ether oxygens (including phenoxy) is 2. The molecule has 8 nitrogen and oxygen atoms in total. The van der Waals surface area contributed by atoms with Gasteiger partial charge in [0.15, 0.2) is 17.8 Å². The second-order valence-corrected chi connectivity index (χ2v) is 6.90. The summed E-state index contributed by atoms with van der Waals surface area (Å²) in [6, 6.07) is 12.3. The second-order valence-electron chi connectivity index (χ2n) is 6.90. The van der Waals surface area contributed by atoms with E-state index in [-0.39, 0.29) is 5.91 Å². The fourth-order valence-corrected chi connectivity index (χ4v) is 3.07. The lowest BCUT2D eigenvalue weighted by atomic mass is 10.1. The van der Waals surface area contributed by atoms with Crippen molar-refractivity contribution in [1.29, 1.82) is 0 Å². The zero-order chi connectivity index (χ0) is 23.1. The van der Waals surface area contributed by atoms with Gasteiger partial charge in [0.1, 0.15) is 5.82 Å². The lowest BCUT2D eigenvalue weighted by Gasteiger charge is -2.14. The van der Waals surface area contributed by atoms with Gasteiger partial charge in [-0.2, -0.15) is 0 Å². The number of methoxy groups -OCH3 is 2. The summed E-state index contributed by atoms with van der Waals surface area (Å²) in [4.78, 5) is 28.2. The van der Waals surface area contributed by atoms with E-state index in [1.54, 1.807) is 42.6 Å². The smallest absolute Gasteiger partial charge is 0.248 e. The molecule has 0 saturated heterocycles. The minimum Gasteiger partial charge on any atom is -0.493 e. The van der Waals surface area contributed by atoms with Gasteiger partial charge in [-0.05, 0) is 48.9 Å². The molecule has 164 valence electrons. The van der Waals surface area contributed by atoms with E-state index < -0.39 is 0 Å². The van der Waals surface area contributed by atoms with Crippen LogP contribution in [0.25, 0.3) is 6.08 Å². The molecule has 0 aliphatic carbocycles. The molecule has 0 aliphatic heterocycles. The van der Waals surface area contributed by atoms with Crippen LogP contribution < -0.4 is 25.8 Å². The van der Waals surface area contributed by atoms with E-state index in [2.05, 4.69) is 15.6 Å². The van der Waals surface area contributed by atoms with Gasteiger partial charge < -0.3 is 25.8 Å². The maximum atomic E-state index is 12.4. The van der Waals surface area contributed by atoms with Crippen LogP contribution in [0.3, 0.4) is 0 Å². The minimum absolute atomic E-state index is 0.327. The van der Waals surface area contributed by atoms with Crippen molar-refractivity contribution in [2.45, 2.75) is 6.92 Å². The third kappa shape index (κ3) is 5.23. The molecule has 1 aromatic heterocycles. The van der Waals surface area contributed by atoms with E-state index >= 15 is 0 Å². The number of aromatic nitrogens is 1. The summed E-state index contributed by atoms with van der Waals surface area (Å²) in [6.07, 6.45) is 5.34. The normalized spacial score (nSPS) is 10.6. The lowest BCUT2D eigenvalue weighted by molar-refractivity contribution is -0.111. The molecule has 32 heavy (non-hydrogen) atoms. The number of nitrogens with two attached hydrogens (primary N) is 1. The highest BCUT2D eigenvalue weighted by molar-refractivity contribution is 6.04. The van der Waals surface area contributed by atoms with Gasteiger partial charge in [0.2, 0.25) is 5.91 Å². The second kappa shape index (κ2) is 10.1. The number of rotatable bonds is 8. The van der Waals surface area contributed by atoms with Crippen LogP contribution in [0.4, 0.5) is 22.9 Å². The van der Waals surface area contributed by atoms with E-state index in [1.807, 2.05) is 19.1 Å². The van der Waals surface area contributed by atoms with Gasteiger partial charge in [0.05, 0.1) is 31.2 Å². The molecule has 3 aromatic rings. The van der Waals surface area contributed by atoms with Gasteiger partial charge in [-0.15, -0.1) is 0 Å². The van der Waals surface area contributed by atoms with Crippen LogP contribution in [-0.4, -0.2) is 31.4 Å². The molecule has 0 aliphatic rings. The molecule has 2 aromatic carbocycles. The Balaban J connectivity index is 1.83. The number of pyridine rings is 1. The Morgan fingerprint density at radius 1 is 1.09 bits per heavy atom. The Kier molecular flexibility index (Phi) is 7.07. The maximum absolute atomic E-state index is 12.4. The van der Waals surface area contributed by atoms with Crippen molar-refractivity contribution in [3.8, 4) is 11.5 Å². The number of hydrogen-bond donors (Lipinski definition) is 3. The zero-order valence-corrected chi connectivity index (χ0v) is 18.0. The first kappa shape index (κ1) is 22.4. The highest BCUT2D eigenvalue weighted by atomic mass is 16.5. The number of carbonyl (C=O) groups is 2. The summed E-state index contributed by atoms with van der Waals surface area (Å²) < 4.78 is 10.6. The predicted molar refractivity (Wildman–Crippen MR) is 126 cm³/mol. The maximum Gasteiger partial charge on any atom is 0.248 e. The number of nitrogens with one attached hydrogen (secondary N) is 2. The molecule has 0 bridgehead atoms. The van der Waals surface area contributed by atoms with Gasteiger partial charge in [0.25, 0.3) is 0 Å². The fourth-order valence-electron chi connectivity index (χ4n) is 3.07. The van der Waals surface area contributed by atoms with Crippen molar-refractivity contribution in [2.75, 3.05) is 30.6 Å². The third-order valence-corrected chi connectivity index (χ3v) is 4.62. The number of anilines is 4. The number of amides is 1. The Bertz CT molecular complexity index is 1170. The molecule has 4 N–H and O–H groups in total. The van der Waals surface area contributed by atoms with E-state index in [4.69, 9.17) is 15.2 Å². The Morgan fingerprint density at radius 2 is 1.91 bits per heavy atom. The average Bonchev–Trinajstić information content (AvgIpc) is 2.80. The molecule has 0 radical (unpaired) electrons. The van der Waals surface area contributed by atoms with E-state index in [1.165, 1.54) is 20.3 Å². The van der Waals surface area contributed by atoms with Crippen molar-refractivity contribution in [3.63, 3.8) is 0 Å². The van der Waals surface area contributed by atoms with E-state index in [9.17, 15) is 9.59 Å². The molecule has 3 rings (SSSR count). The van der Waals surface area contributed by atoms with Crippen molar-refractivity contribution >= 4 is 41.1 Å². The van der Waals surface area contributed by atoms with Crippen molar-refractivity contribution in [3.05, 3.63) is 71.4 Å². The molecule has 0 fully saturated rings. The first-order valence-electron chi connectivity index (χ1n) is 9.73. The van der Waals surface area contributed by atoms with Gasteiger partial charge in [-0.25, -0.2) is 4.98 Å². The molecule has 0 atom stereocenters. The molecule has 0 unspecified atom stereocenters. The van der Waals surface area contributed by atoms with Crippen LogP contribution in [0.5, 0.6) is 11.5 Å². The Labute approximate surface area is 186 Å². The molecular weight excluding hydrogens is 408 g/mol. The number of benzene rings is 2. The van der Waals surface area contributed by atoms with Gasteiger partial charge in [-0.3, -0.25) is 9.59 Å². The van der Waals surface area contributed by atoms with E-state index in [0.717, 1.165) is 5.56 Å². The monoisotopic (exact) mass is 432 g/mol. The van der Waals surface area contributed by atoms with Gasteiger partial charge >= 0.3 is 0 Å². The Hall–Kier alpha value is -4.33. The van der Waals surface area contributed by atoms with Crippen LogP contribution in [0.1, 0.15) is 21.5 Å². The molecule has 0 saturated carbocycles. The van der Waals surface area contributed by atoms with Crippen LogP contribution in [0, 0.1) is 6.92 Å². The number of hydrogen-bond acceptors (Lipinski definition) is 7. The van der Waals surface area contributed by atoms with Crippen LogP contribution in [0.2, 0.25) is 0 Å². The number of aryl methyl sites for hydroxylation is 1. The zero-order valence-electron chi connectivity index (χ0n) is 18.0. The summed E-state index contributed by atoms with van der Waals surface area (Å²) in [5.41, 5.74) is 9.52. The minimum atomic E-state index is -0.327.